The van der Waals surface area contributed by atoms with Crippen molar-refractivity contribution in [3.05, 3.63) is 131 Å². The Morgan fingerprint density at radius 3 is 1.93 bits per heavy atom. The molecule has 9 heteroatoms. The number of carboxylic acid groups (broad SMARTS) is 1. The van der Waals surface area contributed by atoms with E-state index in [0.29, 0.717) is 23.2 Å². The van der Waals surface area contributed by atoms with E-state index in [0.717, 1.165) is 47.4 Å². The van der Waals surface area contributed by atoms with E-state index in [1.165, 1.54) is 17.7 Å². The Morgan fingerprint density at radius 2 is 1.33 bits per heavy atom. The summed E-state index contributed by atoms with van der Waals surface area (Å²) >= 11 is 0. The number of nitrogens with zero attached hydrogens (tertiary/aromatic N) is 1. The first-order chi connectivity index (χ1) is 20.6. The van der Waals surface area contributed by atoms with Gasteiger partial charge in [0.2, 0.25) is 0 Å². The Labute approximate surface area is 247 Å². The van der Waals surface area contributed by atoms with Gasteiger partial charge in [0.15, 0.2) is 0 Å². The largest absolute Gasteiger partial charge is 0.474 e. The monoisotopic (exact) mass is 588 g/mol. The van der Waals surface area contributed by atoms with Gasteiger partial charge < -0.3 is 15.3 Å². The molecule has 0 saturated carbocycles. The van der Waals surface area contributed by atoms with Gasteiger partial charge in [-0.3, -0.25) is 9.59 Å². The molecule has 4 aromatic rings. The van der Waals surface area contributed by atoms with Crippen molar-refractivity contribution in [2.75, 3.05) is 6.54 Å². The van der Waals surface area contributed by atoms with Crippen LogP contribution < -0.4 is 5.32 Å². The summed E-state index contributed by atoms with van der Waals surface area (Å²) in [5.41, 5.74) is 3.60. The van der Waals surface area contributed by atoms with Gasteiger partial charge in [0.05, 0.1) is 5.56 Å². The van der Waals surface area contributed by atoms with Crippen LogP contribution in [0.5, 0.6) is 0 Å². The van der Waals surface area contributed by atoms with Crippen LogP contribution in [-0.4, -0.2) is 34.3 Å². The van der Waals surface area contributed by atoms with Gasteiger partial charge in [-0.2, -0.15) is 13.2 Å². The quantitative estimate of drug-likeness (QED) is 0.150. The van der Waals surface area contributed by atoms with E-state index in [2.05, 4.69) is 17.4 Å². The van der Waals surface area contributed by atoms with Crippen molar-refractivity contribution in [3.63, 3.8) is 0 Å². The summed E-state index contributed by atoms with van der Waals surface area (Å²) in [6.45, 7) is 0.343. The van der Waals surface area contributed by atoms with Crippen LogP contribution in [-0.2, 0) is 35.3 Å². The molecule has 0 aliphatic carbocycles. The fourth-order valence-electron chi connectivity index (χ4n) is 4.62. The van der Waals surface area contributed by atoms with Crippen LogP contribution in [0.25, 0.3) is 11.1 Å². The molecular weight excluding hydrogens is 557 g/mol. The molecule has 2 N–H and O–H groups in total. The molecule has 0 radical (unpaired) electrons. The normalized spacial score (nSPS) is 11.1. The summed E-state index contributed by atoms with van der Waals surface area (Å²) in [5.74, 6) is -2.98. The summed E-state index contributed by atoms with van der Waals surface area (Å²) in [5, 5.41) is 12.2. The second-order valence-corrected chi connectivity index (χ2v) is 10.1. The van der Waals surface area contributed by atoms with E-state index < -0.39 is 23.6 Å². The fourth-order valence-corrected chi connectivity index (χ4v) is 4.62. The van der Waals surface area contributed by atoms with Crippen LogP contribution >= 0.6 is 0 Å². The Balaban J connectivity index is 1.36. The molecular formula is C34H31F3N2O4. The van der Waals surface area contributed by atoms with Crippen molar-refractivity contribution in [1.82, 2.24) is 10.2 Å². The molecule has 2 amide bonds. The van der Waals surface area contributed by atoms with Crippen molar-refractivity contribution in [3.8, 4) is 11.1 Å². The van der Waals surface area contributed by atoms with Crippen LogP contribution in [0.1, 0.15) is 45.5 Å². The van der Waals surface area contributed by atoms with E-state index >= 15 is 0 Å². The van der Waals surface area contributed by atoms with Gasteiger partial charge in [0, 0.05) is 25.2 Å². The Morgan fingerprint density at radius 1 is 0.698 bits per heavy atom. The number of nitrogens with one attached hydrogen (secondary N) is 1. The van der Waals surface area contributed by atoms with Crippen LogP contribution in [0.2, 0.25) is 0 Å². The summed E-state index contributed by atoms with van der Waals surface area (Å²) in [6.07, 6.45) is -1.71. The lowest BCUT2D eigenvalue weighted by atomic mass is 10.0. The highest BCUT2D eigenvalue weighted by Gasteiger charge is 2.30. The number of halogens is 3. The second kappa shape index (κ2) is 14.3. The standard InChI is InChI=1S/C34H31F3N2O4/c35-34(36,37)30-18-14-26(15-19-30)23-39(32(41)33(42)43)22-25-12-16-27(17-13-25)28-10-6-11-29(21-28)31(40)38-20-5-4-9-24-7-2-1-3-8-24/h1-3,6-8,10-19,21H,4-5,9,20,22-23H2,(H,38,40)(H,42,43). The number of carbonyl (C=O) groups is 3. The molecule has 222 valence electrons. The lowest BCUT2D eigenvalue weighted by molar-refractivity contribution is -0.156. The van der Waals surface area contributed by atoms with Crippen molar-refractivity contribution in [2.45, 2.75) is 38.5 Å². The minimum Gasteiger partial charge on any atom is -0.474 e. The number of unbranched alkanes of at least 4 members (excludes halogenated alkanes) is 1. The highest BCUT2D eigenvalue weighted by atomic mass is 19.4. The first-order valence-electron chi connectivity index (χ1n) is 13.8. The first-order valence-corrected chi connectivity index (χ1v) is 13.8. The van der Waals surface area contributed by atoms with E-state index in [9.17, 15) is 32.7 Å². The van der Waals surface area contributed by atoms with Gasteiger partial charge in [-0.25, -0.2) is 4.79 Å². The van der Waals surface area contributed by atoms with Gasteiger partial charge in [0.1, 0.15) is 0 Å². The molecule has 0 aliphatic heterocycles. The van der Waals surface area contributed by atoms with E-state index in [-0.39, 0.29) is 19.0 Å². The number of carboxylic acids is 1. The molecule has 0 bridgehead atoms. The maximum Gasteiger partial charge on any atom is 0.416 e. The minimum atomic E-state index is -4.50. The number of hydrogen-bond donors (Lipinski definition) is 2. The lowest BCUT2D eigenvalue weighted by Gasteiger charge is -2.21. The maximum atomic E-state index is 12.9. The number of amides is 2. The SMILES string of the molecule is O=C(O)C(=O)N(Cc1ccc(-c2cccc(C(=O)NCCCCc3ccccc3)c2)cc1)Cc1ccc(C(F)(F)F)cc1. The molecule has 4 rings (SSSR count). The third-order valence-electron chi connectivity index (χ3n) is 6.93. The number of alkyl halides is 3. The number of aryl methyl sites for hydroxylation is 1. The first kappa shape index (κ1) is 31.0. The minimum absolute atomic E-state index is 0.0564. The maximum absolute atomic E-state index is 12.9. The van der Waals surface area contributed by atoms with E-state index in [1.54, 1.807) is 42.5 Å². The predicted octanol–water partition coefficient (Wildman–Crippen LogP) is 6.74. The van der Waals surface area contributed by atoms with Gasteiger partial charge in [-0.1, -0.05) is 78.9 Å². The lowest BCUT2D eigenvalue weighted by Crippen LogP contribution is -2.35. The molecule has 0 spiro atoms. The molecule has 0 unspecified atom stereocenters. The van der Waals surface area contributed by atoms with Crippen molar-refractivity contribution in [1.29, 1.82) is 0 Å². The summed E-state index contributed by atoms with van der Waals surface area (Å²) in [4.78, 5) is 37.6. The number of hydrogen-bond acceptors (Lipinski definition) is 3. The summed E-state index contributed by atoms with van der Waals surface area (Å²) in [6, 6.07) is 28.7. The molecule has 0 saturated heterocycles. The number of benzene rings is 4. The number of aliphatic carboxylic acids is 1. The molecule has 6 nitrogen and oxygen atoms in total. The third kappa shape index (κ3) is 9.03. The summed E-state index contributed by atoms with van der Waals surface area (Å²) in [7, 11) is 0. The Hall–Kier alpha value is -4.92. The van der Waals surface area contributed by atoms with Crippen molar-refractivity contribution >= 4 is 17.8 Å². The topological polar surface area (TPSA) is 86.7 Å². The average Bonchev–Trinajstić information content (AvgIpc) is 3.01. The number of carbonyl (C=O) groups excluding carboxylic acids is 2. The van der Waals surface area contributed by atoms with Crippen LogP contribution in [0.4, 0.5) is 13.2 Å². The van der Waals surface area contributed by atoms with Crippen molar-refractivity contribution < 1.29 is 32.7 Å². The molecule has 0 fully saturated rings. The highest BCUT2D eigenvalue weighted by molar-refractivity contribution is 6.31. The summed E-state index contributed by atoms with van der Waals surface area (Å²) < 4.78 is 38.6. The fraction of sp³-hybridized carbons (Fsp3) is 0.206. The predicted molar refractivity (Wildman–Crippen MR) is 157 cm³/mol. The molecule has 0 atom stereocenters. The molecule has 43 heavy (non-hydrogen) atoms. The van der Waals surface area contributed by atoms with Crippen LogP contribution in [0, 0.1) is 0 Å². The Bertz CT molecular complexity index is 1540. The molecule has 4 aromatic carbocycles. The van der Waals surface area contributed by atoms with Gasteiger partial charge >= 0.3 is 18.1 Å². The van der Waals surface area contributed by atoms with Gasteiger partial charge in [0.25, 0.3) is 5.91 Å². The van der Waals surface area contributed by atoms with E-state index in [4.69, 9.17) is 0 Å². The highest BCUT2D eigenvalue weighted by Crippen LogP contribution is 2.29. The van der Waals surface area contributed by atoms with Crippen molar-refractivity contribution in [2.24, 2.45) is 0 Å². The third-order valence-corrected chi connectivity index (χ3v) is 6.93. The molecule has 0 heterocycles. The second-order valence-electron chi connectivity index (χ2n) is 10.1. The zero-order chi connectivity index (χ0) is 30.8. The zero-order valence-electron chi connectivity index (χ0n) is 23.3. The van der Waals surface area contributed by atoms with Crippen LogP contribution in [0.3, 0.4) is 0 Å². The van der Waals surface area contributed by atoms with E-state index in [1.807, 2.05) is 24.3 Å². The average molecular weight is 589 g/mol. The van der Waals surface area contributed by atoms with Gasteiger partial charge in [-0.05, 0) is 71.3 Å². The zero-order valence-corrected chi connectivity index (χ0v) is 23.3. The van der Waals surface area contributed by atoms with Gasteiger partial charge in [-0.15, -0.1) is 0 Å². The van der Waals surface area contributed by atoms with Crippen LogP contribution in [0.15, 0.2) is 103 Å². The number of rotatable bonds is 11. The Kier molecular flexibility index (Phi) is 10.3. The smallest absolute Gasteiger partial charge is 0.416 e. The molecule has 0 aliphatic rings. The molecule has 0 aromatic heterocycles.